The summed E-state index contributed by atoms with van der Waals surface area (Å²) in [4.78, 5) is 12.3. The molecule has 32 heavy (non-hydrogen) atoms. The molecular weight excluding hydrogens is 430 g/mol. The Balaban J connectivity index is 1.54. The summed E-state index contributed by atoms with van der Waals surface area (Å²) in [5.41, 5.74) is 2.28. The maximum atomic E-state index is 12.7. The van der Waals surface area contributed by atoms with Crippen LogP contribution in [0.5, 0.6) is 11.5 Å². The van der Waals surface area contributed by atoms with Crippen molar-refractivity contribution in [2.45, 2.75) is 33.1 Å². The molecule has 2 N–H and O–H groups in total. The first-order valence-corrected chi connectivity index (χ1v) is 12.6. The average Bonchev–Trinajstić information content (AvgIpc) is 3.22. The van der Waals surface area contributed by atoms with Crippen LogP contribution in [0.1, 0.15) is 32.3 Å². The molecule has 1 aliphatic rings. The van der Waals surface area contributed by atoms with Crippen LogP contribution in [0, 0.1) is 0 Å². The predicted octanol–water partition coefficient (Wildman–Crippen LogP) is 3.78. The molecule has 0 spiro atoms. The second kappa shape index (κ2) is 11.1. The van der Waals surface area contributed by atoms with Crippen molar-refractivity contribution in [2.75, 3.05) is 41.7 Å². The number of ether oxygens (including phenoxy) is 2. The van der Waals surface area contributed by atoms with E-state index >= 15 is 0 Å². The molecule has 2 aromatic carbocycles. The van der Waals surface area contributed by atoms with Gasteiger partial charge in [-0.1, -0.05) is 32.0 Å². The Morgan fingerprint density at radius 3 is 2.50 bits per heavy atom. The Labute approximate surface area is 190 Å². The predicted molar refractivity (Wildman–Crippen MR) is 126 cm³/mol. The number of para-hydroxylation sites is 1. The van der Waals surface area contributed by atoms with Gasteiger partial charge in [0.2, 0.25) is 10.0 Å². The molecule has 0 radical (unpaired) electrons. The van der Waals surface area contributed by atoms with E-state index in [9.17, 15) is 13.2 Å². The van der Waals surface area contributed by atoms with E-state index in [0.717, 1.165) is 24.1 Å². The first kappa shape index (κ1) is 23.7. The third kappa shape index (κ3) is 6.06. The van der Waals surface area contributed by atoms with Crippen LogP contribution in [0.4, 0.5) is 16.2 Å². The number of nitrogens with zero attached hydrogens (tertiary/aromatic N) is 1. The van der Waals surface area contributed by atoms with Crippen molar-refractivity contribution in [3.8, 4) is 11.5 Å². The molecule has 0 aliphatic carbocycles. The molecular formula is C23H31N3O5S. The van der Waals surface area contributed by atoms with E-state index in [-0.39, 0.29) is 12.3 Å². The minimum Gasteiger partial charge on any atom is -0.490 e. The van der Waals surface area contributed by atoms with E-state index < -0.39 is 16.1 Å². The van der Waals surface area contributed by atoms with Gasteiger partial charge >= 0.3 is 6.03 Å². The summed E-state index contributed by atoms with van der Waals surface area (Å²) in [7, 11) is -3.52. The highest BCUT2D eigenvalue weighted by molar-refractivity contribution is 7.92. The molecule has 0 aromatic heterocycles. The third-order valence-corrected chi connectivity index (χ3v) is 6.72. The monoisotopic (exact) mass is 461 g/mol. The molecule has 0 bridgehead atoms. The minimum atomic E-state index is -3.52. The second-order valence-corrected chi connectivity index (χ2v) is 9.52. The van der Waals surface area contributed by atoms with E-state index in [2.05, 4.69) is 10.6 Å². The van der Waals surface area contributed by atoms with E-state index in [1.54, 1.807) is 18.2 Å². The minimum absolute atomic E-state index is 0.00369. The van der Waals surface area contributed by atoms with Gasteiger partial charge in [0.15, 0.2) is 11.5 Å². The van der Waals surface area contributed by atoms with Gasteiger partial charge in [0.25, 0.3) is 0 Å². The van der Waals surface area contributed by atoms with Gasteiger partial charge in [0.05, 0.1) is 24.7 Å². The SMILES string of the molecule is CCCOc1ccc(NC(=O)NCCS(=O)(=O)N2CCc3ccccc32)cc1OCCC. The zero-order valence-corrected chi connectivity index (χ0v) is 19.4. The highest BCUT2D eigenvalue weighted by atomic mass is 32.2. The Kier molecular flexibility index (Phi) is 8.21. The van der Waals surface area contributed by atoms with Crippen molar-refractivity contribution < 1.29 is 22.7 Å². The summed E-state index contributed by atoms with van der Waals surface area (Å²) in [5, 5.41) is 5.34. The number of carbonyl (C=O) groups excluding carboxylic acids is 1. The van der Waals surface area contributed by atoms with E-state index in [4.69, 9.17) is 9.47 Å². The van der Waals surface area contributed by atoms with Crippen LogP contribution in [-0.4, -0.2) is 46.5 Å². The summed E-state index contributed by atoms with van der Waals surface area (Å²) in [6.07, 6.45) is 2.42. The number of amides is 2. The molecule has 9 heteroatoms. The fourth-order valence-electron chi connectivity index (χ4n) is 3.42. The van der Waals surface area contributed by atoms with E-state index in [0.29, 0.717) is 43.4 Å². The Bertz CT molecular complexity index is 1030. The van der Waals surface area contributed by atoms with E-state index in [1.807, 2.05) is 38.1 Å². The maximum absolute atomic E-state index is 12.7. The van der Waals surface area contributed by atoms with Crippen molar-refractivity contribution in [3.63, 3.8) is 0 Å². The molecule has 8 nitrogen and oxygen atoms in total. The number of sulfonamides is 1. The average molecular weight is 462 g/mol. The van der Waals surface area contributed by atoms with Gasteiger partial charge in [-0.15, -0.1) is 0 Å². The van der Waals surface area contributed by atoms with Crippen molar-refractivity contribution >= 4 is 27.4 Å². The molecule has 174 valence electrons. The smallest absolute Gasteiger partial charge is 0.319 e. The largest absolute Gasteiger partial charge is 0.490 e. The van der Waals surface area contributed by atoms with Crippen molar-refractivity contribution in [1.29, 1.82) is 0 Å². The normalized spacial score (nSPS) is 12.9. The Hall–Kier alpha value is -2.94. The van der Waals surface area contributed by atoms with Gasteiger partial charge in [0.1, 0.15) is 0 Å². The number of urea groups is 1. The van der Waals surface area contributed by atoms with E-state index in [1.165, 1.54) is 4.31 Å². The van der Waals surface area contributed by atoms with Gasteiger partial charge in [-0.25, -0.2) is 13.2 Å². The molecule has 1 heterocycles. The van der Waals surface area contributed by atoms with Gasteiger partial charge in [-0.05, 0) is 43.0 Å². The number of fused-ring (bicyclic) bond motifs is 1. The lowest BCUT2D eigenvalue weighted by atomic mass is 10.2. The Morgan fingerprint density at radius 1 is 1.03 bits per heavy atom. The van der Waals surface area contributed by atoms with Crippen LogP contribution in [0.3, 0.4) is 0 Å². The molecule has 2 aromatic rings. The summed E-state index contributed by atoms with van der Waals surface area (Å²) in [5.74, 6) is 1.01. The lowest BCUT2D eigenvalue weighted by molar-refractivity contribution is 0.252. The number of anilines is 2. The molecule has 0 unspecified atom stereocenters. The number of hydrogen-bond acceptors (Lipinski definition) is 5. The highest BCUT2D eigenvalue weighted by Gasteiger charge is 2.28. The van der Waals surface area contributed by atoms with Crippen LogP contribution in [0.2, 0.25) is 0 Å². The summed E-state index contributed by atoms with van der Waals surface area (Å²) < 4.78 is 38.3. The molecule has 2 amide bonds. The molecule has 0 fully saturated rings. The van der Waals surface area contributed by atoms with Gasteiger partial charge in [-0.2, -0.15) is 0 Å². The van der Waals surface area contributed by atoms with Crippen LogP contribution >= 0.6 is 0 Å². The van der Waals surface area contributed by atoms with Crippen LogP contribution in [0.15, 0.2) is 42.5 Å². The van der Waals surface area contributed by atoms with Gasteiger partial charge in [-0.3, -0.25) is 4.31 Å². The lowest BCUT2D eigenvalue weighted by Gasteiger charge is -2.19. The first-order valence-electron chi connectivity index (χ1n) is 11.0. The molecule has 0 saturated heterocycles. The topological polar surface area (TPSA) is 97.0 Å². The fourth-order valence-corrected chi connectivity index (χ4v) is 4.85. The van der Waals surface area contributed by atoms with Crippen LogP contribution in [0.25, 0.3) is 0 Å². The van der Waals surface area contributed by atoms with Crippen molar-refractivity contribution in [2.24, 2.45) is 0 Å². The van der Waals surface area contributed by atoms with Crippen molar-refractivity contribution in [3.05, 3.63) is 48.0 Å². The Morgan fingerprint density at radius 2 is 1.75 bits per heavy atom. The number of rotatable bonds is 11. The summed E-state index contributed by atoms with van der Waals surface area (Å²) in [6, 6.07) is 12.2. The van der Waals surface area contributed by atoms with Gasteiger partial charge < -0.3 is 20.1 Å². The molecule has 1 aliphatic heterocycles. The maximum Gasteiger partial charge on any atom is 0.319 e. The second-order valence-electron chi connectivity index (χ2n) is 7.51. The lowest BCUT2D eigenvalue weighted by Crippen LogP contribution is -2.38. The summed E-state index contributed by atoms with van der Waals surface area (Å²) in [6.45, 7) is 5.58. The third-order valence-electron chi connectivity index (χ3n) is 4.95. The highest BCUT2D eigenvalue weighted by Crippen LogP contribution is 2.31. The molecule has 3 rings (SSSR count). The number of benzene rings is 2. The zero-order valence-electron chi connectivity index (χ0n) is 18.6. The molecule has 0 saturated carbocycles. The standard InChI is InChI=1S/C23H31N3O5S/c1-3-14-30-21-10-9-19(17-22(21)31-15-4-2)25-23(27)24-12-16-32(28,29)26-13-11-18-7-5-6-8-20(18)26/h5-10,17H,3-4,11-16H2,1-2H3,(H2,24,25,27). The van der Waals surface area contributed by atoms with Crippen LogP contribution in [-0.2, 0) is 16.4 Å². The quantitative estimate of drug-likeness (QED) is 0.531. The first-order chi connectivity index (χ1) is 15.4. The number of nitrogens with one attached hydrogen (secondary N) is 2. The fraction of sp³-hybridized carbons (Fsp3) is 0.435. The zero-order chi connectivity index (χ0) is 23.0. The van der Waals surface area contributed by atoms with Gasteiger partial charge in [0, 0.05) is 24.8 Å². The summed E-state index contributed by atoms with van der Waals surface area (Å²) >= 11 is 0. The number of hydrogen-bond donors (Lipinski definition) is 2. The molecule has 0 atom stereocenters. The van der Waals surface area contributed by atoms with Crippen molar-refractivity contribution in [1.82, 2.24) is 5.32 Å². The van der Waals surface area contributed by atoms with Crippen LogP contribution < -0.4 is 24.4 Å². The number of carbonyl (C=O) groups is 1.